The molecule has 0 aromatic heterocycles. The number of rotatable bonds is 7. The molecule has 0 saturated carbocycles. The lowest BCUT2D eigenvalue weighted by Crippen LogP contribution is -2.32. The van der Waals surface area contributed by atoms with Gasteiger partial charge in [-0.25, -0.2) is 9.59 Å². The monoisotopic (exact) mass is 351 g/mol. The van der Waals surface area contributed by atoms with Crippen LogP contribution in [0.1, 0.15) is 45.7 Å². The molecule has 0 radical (unpaired) electrons. The number of ether oxygens (including phenoxy) is 3. The Bertz CT molecular complexity index is 577. The SMILES string of the molecule is COC(=O)[C@H](Cc1cccc(CNC(=O)OC(C)(C)C)c1)OC(C)C. The minimum absolute atomic E-state index is 0.0823. The molecular formula is C19H29NO5. The lowest BCUT2D eigenvalue weighted by Gasteiger charge is -2.20. The molecule has 0 saturated heterocycles. The Morgan fingerprint density at radius 3 is 2.36 bits per heavy atom. The highest BCUT2D eigenvalue weighted by atomic mass is 16.6. The largest absolute Gasteiger partial charge is 0.467 e. The van der Waals surface area contributed by atoms with Crippen LogP contribution in [0.25, 0.3) is 0 Å². The van der Waals surface area contributed by atoms with Crippen LogP contribution in [0.3, 0.4) is 0 Å². The maximum absolute atomic E-state index is 11.9. The third-order valence-electron chi connectivity index (χ3n) is 3.15. The van der Waals surface area contributed by atoms with E-state index in [1.807, 2.05) is 58.9 Å². The summed E-state index contributed by atoms with van der Waals surface area (Å²) in [5.41, 5.74) is 1.31. The Balaban J connectivity index is 2.70. The number of hydrogen-bond acceptors (Lipinski definition) is 5. The topological polar surface area (TPSA) is 73.9 Å². The summed E-state index contributed by atoms with van der Waals surface area (Å²) in [6, 6.07) is 7.62. The van der Waals surface area contributed by atoms with Gasteiger partial charge < -0.3 is 19.5 Å². The Hall–Kier alpha value is -2.08. The fourth-order valence-corrected chi connectivity index (χ4v) is 2.22. The Morgan fingerprint density at radius 1 is 1.16 bits per heavy atom. The van der Waals surface area contributed by atoms with Crippen LogP contribution in [0.2, 0.25) is 0 Å². The molecule has 0 unspecified atom stereocenters. The van der Waals surface area contributed by atoms with Crippen molar-refractivity contribution in [2.75, 3.05) is 7.11 Å². The zero-order chi connectivity index (χ0) is 19.0. The van der Waals surface area contributed by atoms with Gasteiger partial charge in [-0.1, -0.05) is 24.3 Å². The summed E-state index contributed by atoms with van der Waals surface area (Å²) < 4.78 is 15.7. The molecule has 0 heterocycles. The van der Waals surface area contributed by atoms with Gasteiger partial charge in [0.25, 0.3) is 0 Å². The fraction of sp³-hybridized carbons (Fsp3) is 0.579. The van der Waals surface area contributed by atoms with E-state index in [0.717, 1.165) is 11.1 Å². The standard InChI is InChI=1S/C19H29NO5/c1-13(2)24-16(17(21)23-6)11-14-8-7-9-15(10-14)12-20-18(22)25-19(3,4)5/h7-10,13,16H,11-12H2,1-6H3,(H,20,22)/t16-/m0/s1. The zero-order valence-electron chi connectivity index (χ0n) is 15.9. The van der Waals surface area contributed by atoms with Gasteiger partial charge in [-0.2, -0.15) is 0 Å². The zero-order valence-corrected chi connectivity index (χ0v) is 15.9. The molecular weight excluding hydrogens is 322 g/mol. The van der Waals surface area contributed by atoms with Crippen molar-refractivity contribution < 1.29 is 23.8 Å². The van der Waals surface area contributed by atoms with Gasteiger partial charge in [-0.3, -0.25) is 0 Å². The summed E-state index contributed by atoms with van der Waals surface area (Å²) in [6.07, 6.45) is -0.792. The van der Waals surface area contributed by atoms with Crippen LogP contribution >= 0.6 is 0 Å². The molecule has 1 N–H and O–H groups in total. The van der Waals surface area contributed by atoms with Crippen LogP contribution in [0.4, 0.5) is 4.79 Å². The van der Waals surface area contributed by atoms with Crippen molar-refractivity contribution in [3.63, 3.8) is 0 Å². The van der Waals surface area contributed by atoms with Crippen molar-refractivity contribution in [3.8, 4) is 0 Å². The molecule has 1 aromatic carbocycles. The van der Waals surface area contributed by atoms with Gasteiger partial charge >= 0.3 is 12.1 Å². The highest BCUT2D eigenvalue weighted by Gasteiger charge is 2.22. The number of nitrogens with one attached hydrogen (secondary N) is 1. The molecule has 0 aliphatic carbocycles. The number of benzene rings is 1. The smallest absolute Gasteiger partial charge is 0.407 e. The maximum Gasteiger partial charge on any atom is 0.407 e. The van der Waals surface area contributed by atoms with Gasteiger partial charge in [-0.05, 0) is 45.7 Å². The van der Waals surface area contributed by atoms with E-state index in [0.29, 0.717) is 13.0 Å². The number of carbonyl (C=O) groups is 2. The molecule has 140 valence electrons. The number of hydrogen-bond donors (Lipinski definition) is 1. The third kappa shape index (κ3) is 8.54. The quantitative estimate of drug-likeness (QED) is 0.764. The van der Waals surface area contributed by atoms with Gasteiger partial charge in [0.2, 0.25) is 0 Å². The number of amides is 1. The minimum Gasteiger partial charge on any atom is -0.467 e. The summed E-state index contributed by atoms with van der Waals surface area (Å²) in [5, 5.41) is 2.72. The molecule has 0 aliphatic rings. The average Bonchev–Trinajstić information content (AvgIpc) is 2.50. The normalized spacial score (nSPS) is 12.6. The number of carbonyl (C=O) groups excluding carboxylic acids is 2. The molecule has 6 nitrogen and oxygen atoms in total. The van der Waals surface area contributed by atoms with E-state index in [1.165, 1.54) is 7.11 Å². The molecule has 1 rings (SSSR count). The highest BCUT2D eigenvalue weighted by molar-refractivity contribution is 5.75. The van der Waals surface area contributed by atoms with E-state index < -0.39 is 23.8 Å². The number of alkyl carbamates (subject to hydrolysis) is 1. The molecule has 0 bridgehead atoms. The van der Waals surface area contributed by atoms with Crippen LogP contribution in [0.5, 0.6) is 0 Å². The Labute approximate surface area is 149 Å². The first-order chi connectivity index (χ1) is 11.6. The van der Waals surface area contributed by atoms with E-state index >= 15 is 0 Å². The number of methoxy groups -OCH3 is 1. The van der Waals surface area contributed by atoms with Crippen molar-refractivity contribution >= 4 is 12.1 Å². The molecule has 0 fully saturated rings. The highest BCUT2D eigenvalue weighted by Crippen LogP contribution is 2.13. The Kier molecular flexibility index (Phi) is 7.90. The van der Waals surface area contributed by atoms with Crippen molar-refractivity contribution in [2.45, 2.75) is 65.4 Å². The lowest BCUT2D eigenvalue weighted by atomic mass is 10.0. The third-order valence-corrected chi connectivity index (χ3v) is 3.15. The lowest BCUT2D eigenvalue weighted by molar-refractivity contribution is -0.156. The van der Waals surface area contributed by atoms with Gasteiger partial charge in [0.1, 0.15) is 5.60 Å². The molecule has 0 aliphatic heterocycles. The second-order valence-corrected chi connectivity index (χ2v) is 7.08. The average molecular weight is 351 g/mol. The predicted octanol–water partition coefficient (Wildman–Crippen LogP) is 3.22. The summed E-state index contributed by atoms with van der Waals surface area (Å²) in [5.74, 6) is -0.397. The molecule has 1 atom stereocenters. The molecule has 0 spiro atoms. The summed E-state index contributed by atoms with van der Waals surface area (Å²) >= 11 is 0. The van der Waals surface area contributed by atoms with Crippen molar-refractivity contribution in [1.82, 2.24) is 5.32 Å². The Morgan fingerprint density at radius 2 is 1.80 bits per heavy atom. The van der Waals surface area contributed by atoms with E-state index in [4.69, 9.17) is 14.2 Å². The minimum atomic E-state index is -0.654. The van der Waals surface area contributed by atoms with E-state index in [-0.39, 0.29) is 6.10 Å². The molecule has 1 amide bonds. The first kappa shape index (κ1) is 21.0. The molecule has 6 heteroatoms. The van der Waals surface area contributed by atoms with Crippen LogP contribution in [-0.2, 0) is 32.0 Å². The summed E-state index contributed by atoms with van der Waals surface area (Å²) in [6.45, 7) is 9.53. The molecule has 25 heavy (non-hydrogen) atoms. The van der Waals surface area contributed by atoms with Crippen LogP contribution in [0, 0.1) is 0 Å². The van der Waals surface area contributed by atoms with Crippen molar-refractivity contribution in [3.05, 3.63) is 35.4 Å². The first-order valence-corrected chi connectivity index (χ1v) is 8.38. The van der Waals surface area contributed by atoms with Gasteiger partial charge in [-0.15, -0.1) is 0 Å². The van der Waals surface area contributed by atoms with E-state index in [2.05, 4.69) is 5.32 Å². The van der Waals surface area contributed by atoms with Gasteiger partial charge in [0.15, 0.2) is 6.10 Å². The van der Waals surface area contributed by atoms with Crippen LogP contribution in [-0.4, -0.2) is 37.0 Å². The van der Waals surface area contributed by atoms with E-state index in [9.17, 15) is 9.59 Å². The van der Waals surface area contributed by atoms with Crippen LogP contribution < -0.4 is 5.32 Å². The summed E-state index contributed by atoms with van der Waals surface area (Å²) in [7, 11) is 1.35. The van der Waals surface area contributed by atoms with Gasteiger partial charge in [0.05, 0.1) is 13.2 Å². The number of esters is 1. The first-order valence-electron chi connectivity index (χ1n) is 8.38. The summed E-state index contributed by atoms with van der Waals surface area (Å²) in [4.78, 5) is 23.6. The van der Waals surface area contributed by atoms with E-state index in [1.54, 1.807) is 0 Å². The predicted molar refractivity (Wildman–Crippen MR) is 95.2 cm³/mol. The second-order valence-electron chi connectivity index (χ2n) is 7.08. The molecule has 1 aromatic rings. The van der Waals surface area contributed by atoms with Crippen molar-refractivity contribution in [1.29, 1.82) is 0 Å². The van der Waals surface area contributed by atoms with Crippen LogP contribution in [0.15, 0.2) is 24.3 Å². The van der Waals surface area contributed by atoms with Crippen molar-refractivity contribution in [2.24, 2.45) is 0 Å². The maximum atomic E-state index is 11.9. The fourth-order valence-electron chi connectivity index (χ4n) is 2.22. The van der Waals surface area contributed by atoms with Gasteiger partial charge in [0, 0.05) is 13.0 Å². The second kappa shape index (κ2) is 9.42.